The fourth-order valence-corrected chi connectivity index (χ4v) is 1.35. The Morgan fingerprint density at radius 1 is 1.22 bits per heavy atom. The monoisotopic (exact) mass is 256 g/mol. The average molecular weight is 256 g/mol. The van der Waals surface area contributed by atoms with Gasteiger partial charge < -0.3 is 10.4 Å². The van der Waals surface area contributed by atoms with Crippen LogP contribution in [0, 0.1) is 5.41 Å². The van der Waals surface area contributed by atoms with Crippen LogP contribution in [0.5, 0.6) is 0 Å². The molecule has 0 heterocycles. The molecule has 6 heteroatoms. The Balaban J connectivity index is 4.14. The van der Waals surface area contributed by atoms with E-state index in [0.717, 1.165) is 5.57 Å². The van der Waals surface area contributed by atoms with E-state index in [1.54, 1.807) is 20.8 Å². The lowest BCUT2D eigenvalue weighted by molar-refractivity contribution is -0.139. The molecular weight excluding hydrogens is 236 g/mol. The van der Waals surface area contributed by atoms with Gasteiger partial charge in [-0.05, 0) is 12.3 Å². The maximum atomic E-state index is 11.5. The quantitative estimate of drug-likeness (QED) is 0.624. The van der Waals surface area contributed by atoms with Crippen molar-refractivity contribution in [3.8, 4) is 0 Å². The third kappa shape index (κ3) is 8.32. The molecule has 0 rings (SSSR count). The van der Waals surface area contributed by atoms with Crippen molar-refractivity contribution < 1.29 is 19.5 Å². The Kier molecular flexibility index (Phi) is 6.08. The van der Waals surface area contributed by atoms with Gasteiger partial charge in [-0.3, -0.25) is 14.9 Å². The molecule has 18 heavy (non-hydrogen) atoms. The minimum atomic E-state index is -0.973. The molecule has 0 saturated carbocycles. The molecule has 0 atom stereocenters. The van der Waals surface area contributed by atoms with E-state index in [0.29, 0.717) is 0 Å². The maximum Gasteiger partial charge on any atom is 0.321 e. The predicted octanol–water partition coefficient (Wildman–Crippen LogP) is 1.28. The SMILES string of the molecule is C=C(C)CNC(=O)NC(=O)CC(C)(C)CC(=O)O. The minimum absolute atomic E-state index is 0.0280. The number of urea groups is 1. The number of aliphatic carboxylic acids is 1. The van der Waals surface area contributed by atoms with Crippen LogP contribution >= 0.6 is 0 Å². The summed E-state index contributed by atoms with van der Waals surface area (Å²) in [5.74, 6) is -1.47. The van der Waals surface area contributed by atoms with Crippen molar-refractivity contribution in [3.05, 3.63) is 12.2 Å². The first kappa shape index (κ1) is 16.1. The molecule has 3 N–H and O–H groups in total. The molecule has 0 aromatic heterocycles. The lowest BCUT2D eigenvalue weighted by atomic mass is 9.85. The molecule has 6 nitrogen and oxygen atoms in total. The zero-order chi connectivity index (χ0) is 14.3. The summed E-state index contributed by atoms with van der Waals surface area (Å²) in [7, 11) is 0. The second kappa shape index (κ2) is 6.78. The molecule has 0 saturated heterocycles. The third-order valence-electron chi connectivity index (χ3n) is 2.07. The van der Waals surface area contributed by atoms with Gasteiger partial charge >= 0.3 is 12.0 Å². The van der Waals surface area contributed by atoms with E-state index < -0.39 is 23.3 Å². The van der Waals surface area contributed by atoms with E-state index >= 15 is 0 Å². The van der Waals surface area contributed by atoms with Crippen LogP contribution in [0.1, 0.15) is 33.6 Å². The maximum absolute atomic E-state index is 11.5. The summed E-state index contributed by atoms with van der Waals surface area (Å²) in [6.07, 6.45) is -0.159. The number of carboxylic acid groups (broad SMARTS) is 1. The first-order valence-corrected chi connectivity index (χ1v) is 5.56. The van der Waals surface area contributed by atoms with Crippen molar-refractivity contribution in [2.45, 2.75) is 33.6 Å². The first-order chi connectivity index (χ1) is 8.12. The highest BCUT2D eigenvalue weighted by molar-refractivity contribution is 5.94. The minimum Gasteiger partial charge on any atom is -0.481 e. The van der Waals surface area contributed by atoms with Crippen molar-refractivity contribution in [2.24, 2.45) is 5.41 Å². The van der Waals surface area contributed by atoms with Gasteiger partial charge in [0.25, 0.3) is 0 Å². The van der Waals surface area contributed by atoms with Gasteiger partial charge in [-0.15, -0.1) is 0 Å². The fraction of sp³-hybridized carbons (Fsp3) is 0.583. The Morgan fingerprint density at radius 3 is 2.22 bits per heavy atom. The zero-order valence-electron chi connectivity index (χ0n) is 11.0. The first-order valence-electron chi connectivity index (χ1n) is 5.56. The molecule has 0 aromatic carbocycles. The lowest BCUT2D eigenvalue weighted by Gasteiger charge is -2.21. The van der Waals surface area contributed by atoms with Crippen LogP contribution in [0.3, 0.4) is 0 Å². The zero-order valence-corrected chi connectivity index (χ0v) is 11.0. The largest absolute Gasteiger partial charge is 0.481 e. The van der Waals surface area contributed by atoms with Crippen molar-refractivity contribution in [1.82, 2.24) is 10.6 Å². The molecule has 0 fully saturated rings. The van der Waals surface area contributed by atoms with Crippen LogP contribution in [-0.4, -0.2) is 29.6 Å². The summed E-state index contributed by atoms with van der Waals surface area (Å²) in [6, 6.07) is -0.603. The van der Waals surface area contributed by atoms with Gasteiger partial charge in [-0.2, -0.15) is 0 Å². The molecule has 0 aliphatic heterocycles. The molecule has 0 aliphatic rings. The number of hydrogen-bond donors (Lipinski definition) is 3. The fourth-order valence-electron chi connectivity index (χ4n) is 1.35. The number of carboxylic acids is 1. The van der Waals surface area contributed by atoms with Crippen LogP contribution in [0.15, 0.2) is 12.2 Å². The van der Waals surface area contributed by atoms with Gasteiger partial charge in [0, 0.05) is 13.0 Å². The Hall–Kier alpha value is -1.85. The van der Waals surface area contributed by atoms with Crippen molar-refractivity contribution >= 4 is 17.9 Å². The topological polar surface area (TPSA) is 95.5 Å². The number of amides is 3. The second-order valence-electron chi connectivity index (χ2n) is 5.10. The average Bonchev–Trinajstić information content (AvgIpc) is 2.10. The van der Waals surface area contributed by atoms with Gasteiger partial charge in [-0.25, -0.2) is 4.79 Å². The third-order valence-corrected chi connectivity index (χ3v) is 2.07. The van der Waals surface area contributed by atoms with Crippen LogP contribution in [0.4, 0.5) is 4.79 Å². The van der Waals surface area contributed by atoms with Crippen molar-refractivity contribution in [3.63, 3.8) is 0 Å². The molecule has 0 radical (unpaired) electrons. The standard InChI is InChI=1S/C12H20N2O4/c1-8(2)7-13-11(18)14-9(15)5-12(3,4)6-10(16)17/h1,5-7H2,2-4H3,(H,16,17)(H2,13,14,15,18). The smallest absolute Gasteiger partial charge is 0.321 e. The van der Waals surface area contributed by atoms with Crippen LogP contribution in [0.2, 0.25) is 0 Å². The summed E-state index contributed by atoms with van der Waals surface area (Å²) < 4.78 is 0. The lowest BCUT2D eigenvalue weighted by Crippen LogP contribution is -2.41. The number of carbonyl (C=O) groups excluding carboxylic acids is 2. The summed E-state index contributed by atoms with van der Waals surface area (Å²) in [5, 5.41) is 13.3. The summed E-state index contributed by atoms with van der Waals surface area (Å²) in [5.41, 5.74) is 0.0775. The molecule has 3 amide bonds. The second-order valence-corrected chi connectivity index (χ2v) is 5.10. The summed E-state index contributed by atoms with van der Waals surface area (Å²) >= 11 is 0. The van der Waals surface area contributed by atoms with Gasteiger partial charge in [0.2, 0.25) is 5.91 Å². The van der Waals surface area contributed by atoms with E-state index in [1.165, 1.54) is 0 Å². The molecule has 0 aromatic rings. The molecule has 0 spiro atoms. The number of imide groups is 1. The van der Waals surface area contributed by atoms with E-state index in [9.17, 15) is 14.4 Å². The van der Waals surface area contributed by atoms with Crippen LogP contribution < -0.4 is 10.6 Å². The van der Waals surface area contributed by atoms with Gasteiger partial charge in [0.1, 0.15) is 0 Å². The molecule has 0 unspecified atom stereocenters. The van der Waals surface area contributed by atoms with E-state index in [1.807, 2.05) is 0 Å². The van der Waals surface area contributed by atoms with Gasteiger partial charge in [0.15, 0.2) is 0 Å². The highest BCUT2D eigenvalue weighted by atomic mass is 16.4. The van der Waals surface area contributed by atoms with E-state index in [2.05, 4.69) is 17.2 Å². The normalized spacial score (nSPS) is 10.6. The Morgan fingerprint density at radius 2 is 1.78 bits per heavy atom. The highest BCUT2D eigenvalue weighted by Crippen LogP contribution is 2.24. The Labute approximate surface area is 106 Å². The molecular formula is C12H20N2O4. The molecule has 0 aliphatic carbocycles. The summed E-state index contributed by atoms with van der Waals surface area (Å²) in [6.45, 7) is 8.96. The van der Waals surface area contributed by atoms with Crippen LogP contribution in [0.25, 0.3) is 0 Å². The van der Waals surface area contributed by atoms with Crippen molar-refractivity contribution in [2.75, 3.05) is 6.54 Å². The van der Waals surface area contributed by atoms with E-state index in [-0.39, 0.29) is 19.4 Å². The highest BCUT2D eigenvalue weighted by Gasteiger charge is 2.25. The number of nitrogens with one attached hydrogen (secondary N) is 2. The van der Waals surface area contributed by atoms with Gasteiger partial charge in [-0.1, -0.05) is 26.0 Å². The summed E-state index contributed by atoms with van der Waals surface area (Å²) in [4.78, 5) is 33.3. The van der Waals surface area contributed by atoms with Crippen molar-refractivity contribution in [1.29, 1.82) is 0 Å². The van der Waals surface area contributed by atoms with E-state index in [4.69, 9.17) is 5.11 Å². The number of hydrogen-bond acceptors (Lipinski definition) is 3. The van der Waals surface area contributed by atoms with Crippen LogP contribution in [-0.2, 0) is 9.59 Å². The molecule has 0 bridgehead atoms. The molecule has 102 valence electrons. The predicted molar refractivity (Wildman–Crippen MR) is 67.0 cm³/mol. The van der Waals surface area contributed by atoms with Gasteiger partial charge in [0.05, 0.1) is 6.42 Å². The number of rotatable bonds is 6. The Bertz CT molecular complexity index is 361. The number of carbonyl (C=O) groups is 3.